The van der Waals surface area contributed by atoms with E-state index in [4.69, 9.17) is 10.00 Å². The van der Waals surface area contributed by atoms with Crippen LogP contribution in [0.1, 0.15) is 43.4 Å². The van der Waals surface area contributed by atoms with Crippen molar-refractivity contribution in [2.75, 3.05) is 36.0 Å². The van der Waals surface area contributed by atoms with Gasteiger partial charge in [-0.05, 0) is 63.4 Å². The van der Waals surface area contributed by atoms with E-state index >= 15 is 4.39 Å². The number of ether oxygens (including phenoxy) is 1. The number of pyridine rings is 1. The highest BCUT2D eigenvalue weighted by molar-refractivity contribution is 7.81. The molecule has 1 spiro atoms. The number of hydrogen-bond acceptors (Lipinski definition) is 7. The van der Waals surface area contributed by atoms with Crippen molar-refractivity contribution in [3.05, 3.63) is 47.5 Å². The van der Waals surface area contributed by atoms with Crippen molar-refractivity contribution in [1.82, 2.24) is 9.88 Å². The molecule has 2 aromatic rings. The molecule has 1 amide bonds. The fourth-order valence-corrected chi connectivity index (χ4v) is 5.90. The molecule has 5 rings (SSSR count). The first-order valence-corrected chi connectivity index (χ1v) is 12.6. The minimum Gasteiger partial charge on any atom is -0.489 e. The third-order valence-corrected chi connectivity index (χ3v) is 7.80. The number of thiol groups is 1. The van der Waals surface area contributed by atoms with Crippen LogP contribution in [0.25, 0.3) is 0 Å². The molecule has 1 saturated carbocycles. The van der Waals surface area contributed by atoms with Crippen LogP contribution < -0.4 is 14.5 Å². The Morgan fingerprint density at radius 2 is 1.89 bits per heavy atom. The molecule has 0 N–H and O–H groups in total. The lowest BCUT2D eigenvalue weighted by Gasteiger charge is -2.44. The summed E-state index contributed by atoms with van der Waals surface area (Å²) >= 11 is 4.59. The van der Waals surface area contributed by atoms with Crippen LogP contribution in [-0.4, -0.2) is 53.1 Å². The van der Waals surface area contributed by atoms with E-state index in [-0.39, 0.29) is 11.4 Å². The van der Waals surface area contributed by atoms with Crippen LogP contribution in [0.5, 0.6) is 5.75 Å². The summed E-state index contributed by atoms with van der Waals surface area (Å²) in [6.07, 6.45) is 0.161. The van der Waals surface area contributed by atoms with Crippen LogP contribution >= 0.6 is 12.6 Å². The van der Waals surface area contributed by atoms with Crippen molar-refractivity contribution in [2.45, 2.75) is 49.3 Å². The second kappa shape index (κ2) is 9.68. The predicted octanol–water partition coefficient (Wildman–Crippen LogP) is 4.58. The van der Waals surface area contributed by atoms with Gasteiger partial charge in [0.2, 0.25) is 0 Å². The molecular formula is C25H25F4N5O2S. The number of amides is 1. The Labute approximate surface area is 217 Å². The van der Waals surface area contributed by atoms with Gasteiger partial charge in [-0.3, -0.25) is 14.6 Å². The minimum absolute atomic E-state index is 0.0924. The van der Waals surface area contributed by atoms with Crippen molar-refractivity contribution in [3.8, 4) is 11.8 Å². The van der Waals surface area contributed by atoms with Crippen LogP contribution in [0, 0.1) is 17.1 Å². The second-order valence-corrected chi connectivity index (χ2v) is 9.95. The van der Waals surface area contributed by atoms with Gasteiger partial charge in [0.15, 0.2) is 22.8 Å². The number of carbonyl (C=O) groups excluding carboxylic acids is 1. The lowest BCUT2D eigenvalue weighted by atomic mass is 9.75. The summed E-state index contributed by atoms with van der Waals surface area (Å²) in [5.74, 6) is -0.946. The zero-order valence-corrected chi connectivity index (χ0v) is 20.7. The smallest absolute Gasteiger partial charge is 0.419 e. The van der Waals surface area contributed by atoms with Gasteiger partial charge in [0, 0.05) is 18.3 Å². The lowest BCUT2D eigenvalue weighted by molar-refractivity contribution is -0.138. The Hall–Kier alpha value is -3.04. The number of halogens is 4. The maximum absolute atomic E-state index is 15.0. The molecule has 196 valence electrons. The van der Waals surface area contributed by atoms with E-state index in [1.54, 1.807) is 11.0 Å². The van der Waals surface area contributed by atoms with Gasteiger partial charge in [-0.25, -0.2) is 9.37 Å². The van der Waals surface area contributed by atoms with E-state index in [2.05, 4.69) is 22.5 Å². The van der Waals surface area contributed by atoms with Crippen molar-refractivity contribution in [3.63, 3.8) is 0 Å². The molecule has 3 heterocycles. The standard InChI is InChI=1S/C25H25F4N5O2S/c26-19-13-16(4-5-21(19)36-11-10-32-8-1-2-9-32)34-23(37)33(22(35)24(34)6-3-7-24)17-12-18(25(27,28)29)20(14-30)31-15-17/h4-5,12-13,15,23,37H,1-3,6-11H2. The molecule has 3 aliphatic rings. The predicted molar refractivity (Wildman–Crippen MR) is 131 cm³/mol. The highest BCUT2D eigenvalue weighted by atomic mass is 32.1. The first-order chi connectivity index (χ1) is 17.7. The van der Waals surface area contributed by atoms with Gasteiger partial charge in [-0.2, -0.15) is 18.4 Å². The maximum Gasteiger partial charge on any atom is 0.419 e. The summed E-state index contributed by atoms with van der Waals surface area (Å²) in [5, 5.41) is 9.06. The van der Waals surface area contributed by atoms with Crippen LogP contribution in [0.3, 0.4) is 0 Å². The Morgan fingerprint density at radius 3 is 2.49 bits per heavy atom. The minimum atomic E-state index is -4.83. The van der Waals surface area contributed by atoms with Gasteiger partial charge in [0.25, 0.3) is 5.91 Å². The van der Waals surface area contributed by atoms with Gasteiger partial charge in [0.1, 0.15) is 18.2 Å². The molecule has 3 fully saturated rings. The number of likely N-dealkylation sites (tertiary alicyclic amines) is 1. The summed E-state index contributed by atoms with van der Waals surface area (Å²) in [4.78, 5) is 22.2. The van der Waals surface area contributed by atoms with Gasteiger partial charge in [-0.15, -0.1) is 12.6 Å². The van der Waals surface area contributed by atoms with Crippen LogP contribution in [-0.2, 0) is 11.0 Å². The SMILES string of the molecule is N#Cc1ncc(N2C(=O)C3(CCC3)N(c3ccc(OCCN4CCCC4)c(F)c3)C2S)cc1C(F)(F)F. The molecule has 1 aromatic heterocycles. The monoisotopic (exact) mass is 535 g/mol. The van der Waals surface area contributed by atoms with E-state index in [9.17, 15) is 18.0 Å². The van der Waals surface area contributed by atoms with Crippen molar-refractivity contribution in [2.24, 2.45) is 0 Å². The summed E-state index contributed by atoms with van der Waals surface area (Å²) in [6.45, 7) is 3.07. The van der Waals surface area contributed by atoms with Crippen molar-refractivity contribution in [1.29, 1.82) is 5.26 Å². The molecule has 1 atom stereocenters. The molecule has 1 unspecified atom stereocenters. The molecule has 12 heteroatoms. The summed E-state index contributed by atoms with van der Waals surface area (Å²) in [6, 6.07) is 6.57. The molecule has 2 aliphatic heterocycles. The van der Waals surface area contributed by atoms with E-state index in [1.807, 2.05) is 0 Å². The molecule has 0 bridgehead atoms. The van der Waals surface area contributed by atoms with E-state index in [1.165, 1.54) is 18.2 Å². The zero-order valence-electron chi connectivity index (χ0n) is 19.8. The van der Waals surface area contributed by atoms with Gasteiger partial charge < -0.3 is 9.64 Å². The number of carbonyl (C=O) groups is 1. The number of alkyl halides is 3. The van der Waals surface area contributed by atoms with Gasteiger partial charge >= 0.3 is 6.18 Å². The Bertz CT molecular complexity index is 1240. The average molecular weight is 536 g/mol. The van der Waals surface area contributed by atoms with Gasteiger partial charge in [-0.1, -0.05) is 0 Å². The van der Waals surface area contributed by atoms with E-state index in [0.29, 0.717) is 31.7 Å². The molecule has 7 nitrogen and oxygen atoms in total. The van der Waals surface area contributed by atoms with Crippen molar-refractivity contribution >= 4 is 29.9 Å². The van der Waals surface area contributed by atoms with E-state index in [0.717, 1.165) is 49.5 Å². The second-order valence-electron chi connectivity index (χ2n) is 9.49. The molecule has 37 heavy (non-hydrogen) atoms. The maximum atomic E-state index is 15.0. The Kier molecular flexibility index (Phi) is 6.70. The number of aromatic nitrogens is 1. The molecule has 2 saturated heterocycles. The number of anilines is 2. The van der Waals surface area contributed by atoms with Crippen LogP contribution in [0.2, 0.25) is 0 Å². The third kappa shape index (κ3) is 4.48. The molecule has 0 radical (unpaired) electrons. The highest BCUT2D eigenvalue weighted by Gasteiger charge is 2.60. The lowest BCUT2D eigenvalue weighted by Crippen LogP contribution is -2.55. The third-order valence-electron chi connectivity index (χ3n) is 7.34. The Balaban J connectivity index is 1.42. The Morgan fingerprint density at radius 1 is 1.16 bits per heavy atom. The number of benzene rings is 1. The quantitative estimate of drug-likeness (QED) is 0.432. The normalized spacial score (nSPS) is 21.4. The number of rotatable bonds is 6. The van der Waals surface area contributed by atoms with Crippen LogP contribution in [0.4, 0.5) is 28.9 Å². The topological polar surface area (TPSA) is 72.7 Å². The average Bonchev–Trinajstić information content (AvgIpc) is 3.43. The van der Waals surface area contributed by atoms with E-state index < -0.39 is 40.2 Å². The molecule has 1 aromatic carbocycles. The first-order valence-electron chi connectivity index (χ1n) is 12.1. The summed E-state index contributed by atoms with van der Waals surface area (Å²) in [7, 11) is 0. The van der Waals surface area contributed by atoms with Crippen molar-refractivity contribution < 1.29 is 27.1 Å². The fourth-order valence-electron chi connectivity index (χ4n) is 5.30. The number of hydrogen-bond donors (Lipinski definition) is 1. The largest absolute Gasteiger partial charge is 0.489 e. The zero-order chi connectivity index (χ0) is 26.4. The molecule has 1 aliphatic carbocycles. The first kappa shape index (κ1) is 25.6. The number of nitrogens with zero attached hydrogens (tertiary/aromatic N) is 5. The van der Waals surface area contributed by atoms with Gasteiger partial charge in [0.05, 0.1) is 17.4 Å². The highest BCUT2D eigenvalue weighted by Crippen LogP contribution is 2.50. The fraction of sp³-hybridized carbons (Fsp3) is 0.480. The summed E-state index contributed by atoms with van der Waals surface area (Å²) in [5.41, 5.74) is -3.84. The van der Waals surface area contributed by atoms with Crippen LogP contribution in [0.15, 0.2) is 30.5 Å². The number of nitriles is 1. The molecular weight excluding hydrogens is 510 g/mol. The summed E-state index contributed by atoms with van der Waals surface area (Å²) < 4.78 is 61.3.